The minimum absolute atomic E-state index is 0.439. The van der Waals surface area contributed by atoms with Crippen LogP contribution in [0.2, 0.25) is 0 Å². The van der Waals surface area contributed by atoms with Gasteiger partial charge in [0.1, 0.15) is 20.1 Å². The molecule has 0 aromatic heterocycles. The maximum atomic E-state index is 12.6. The van der Waals surface area contributed by atoms with Gasteiger partial charge in [0.05, 0.1) is 12.1 Å². The van der Waals surface area contributed by atoms with Gasteiger partial charge < -0.3 is 9.84 Å². The Morgan fingerprint density at radius 1 is 1.70 bits per heavy atom. The molecule has 2 unspecified atom stereocenters. The molecule has 0 saturated carbocycles. The lowest BCUT2D eigenvalue weighted by Gasteiger charge is -2.09. The van der Waals surface area contributed by atoms with Crippen molar-refractivity contribution in [1.29, 1.82) is 0 Å². The molecule has 1 N–H and O–H groups in total. The molecule has 0 aliphatic carbocycles. The van der Waals surface area contributed by atoms with Crippen molar-refractivity contribution in [2.45, 2.75) is 24.4 Å². The van der Waals surface area contributed by atoms with Crippen LogP contribution in [-0.2, 0) is 4.74 Å². The summed E-state index contributed by atoms with van der Waals surface area (Å²) >= 11 is 2.02. The van der Waals surface area contributed by atoms with E-state index in [1.807, 2.05) is 22.6 Å². The zero-order valence-electron chi connectivity index (χ0n) is 5.21. The monoisotopic (exact) mass is 256 g/mol. The molecule has 1 fully saturated rings. The van der Waals surface area contributed by atoms with Crippen LogP contribution < -0.4 is 0 Å². The number of hydrogen-bond donors (Lipinski definition) is 1. The molecule has 5 heteroatoms. The first-order valence-electron chi connectivity index (χ1n) is 2.96. The molecular formula is C5H7BFIO2. The fraction of sp³-hybridized carbons (Fsp3) is 1.00. The summed E-state index contributed by atoms with van der Waals surface area (Å²) in [5.74, 6) is 0. The van der Waals surface area contributed by atoms with Gasteiger partial charge in [0, 0.05) is 4.43 Å². The van der Waals surface area contributed by atoms with Crippen LogP contribution >= 0.6 is 22.6 Å². The number of ether oxygens (including phenoxy) is 1. The molecule has 1 heterocycles. The van der Waals surface area contributed by atoms with Crippen molar-refractivity contribution < 1.29 is 14.2 Å². The third-order valence-corrected chi connectivity index (χ3v) is 2.37. The van der Waals surface area contributed by atoms with Crippen LogP contribution in [0.25, 0.3) is 0 Å². The van der Waals surface area contributed by atoms with Gasteiger partial charge in [-0.15, -0.1) is 0 Å². The molecule has 0 aromatic carbocycles. The summed E-state index contributed by atoms with van der Waals surface area (Å²) in [5, 5.41) is 9.04. The van der Waals surface area contributed by atoms with E-state index in [1.54, 1.807) is 0 Å². The Hall–Kier alpha value is 0.645. The second kappa shape index (κ2) is 3.36. The first-order valence-corrected chi connectivity index (χ1v) is 4.48. The Morgan fingerprint density at radius 2 is 2.30 bits per heavy atom. The first kappa shape index (κ1) is 8.74. The molecule has 56 valence electrons. The van der Waals surface area contributed by atoms with Crippen molar-refractivity contribution in [2.75, 3.05) is 4.43 Å². The molecule has 1 rings (SSSR count). The van der Waals surface area contributed by atoms with E-state index in [0.29, 0.717) is 4.43 Å². The van der Waals surface area contributed by atoms with E-state index >= 15 is 0 Å². The number of hydrogen-bond acceptors (Lipinski definition) is 2. The standard InChI is InChI=1S/C5H7BFIO2/c6-5-3(7)4(9)2(1-8)10-5/h2-5,9H,1H2/t2-,3?,4?,5-/m1/s1. The lowest BCUT2D eigenvalue weighted by Crippen LogP contribution is -2.29. The molecular weight excluding hydrogens is 249 g/mol. The summed E-state index contributed by atoms with van der Waals surface area (Å²) in [6.07, 6.45) is -2.92. The highest BCUT2D eigenvalue weighted by molar-refractivity contribution is 14.1. The van der Waals surface area contributed by atoms with E-state index in [1.165, 1.54) is 0 Å². The first-order chi connectivity index (χ1) is 4.66. The van der Waals surface area contributed by atoms with Crippen molar-refractivity contribution in [1.82, 2.24) is 0 Å². The molecule has 0 bridgehead atoms. The normalized spacial score (nSPS) is 47.9. The number of rotatable bonds is 1. The Labute approximate surface area is 73.7 Å². The van der Waals surface area contributed by atoms with Crippen LogP contribution in [0, 0.1) is 0 Å². The zero-order chi connectivity index (χ0) is 7.72. The zero-order valence-corrected chi connectivity index (χ0v) is 7.36. The second-order valence-corrected chi connectivity index (χ2v) is 3.11. The molecule has 2 nitrogen and oxygen atoms in total. The van der Waals surface area contributed by atoms with Crippen LogP contribution in [0.3, 0.4) is 0 Å². The van der Waals surface area contributed by atoms with E-state index in [4.69, 9.17) is 17.7 Å². The largest absolute Gasteiger partial charge is 0.387 e. The average Bonchev–Trinajstić information content (AvgIpc) is 2.17. The van der Waals surface area contributed by atoms with Gasteiger partial charge in [0.2, 0.25) is 0 Å². The highest BCUT2D eigenvalue weighted by Gasteiger charge is 2.40. The fourth-order valence-electron chi connectivity index (χ4n) is 0.884. The minimum atomic E-state index is -1.43. The lowest BCUT2D eigenvalue weighted by molar-refractivity contribution is 0.0480. The summed E-state index contributed by atoms with van der Waals surface area (Å²) < 4.78 is 18.1. The third kappa shape index (κ3) is 1.45. The Bertz CT molecular complexity index is 126. The van der Waals surface area contributed by atoms with Crippen molar-refractivity contribution in [2.24, 2.45) is 0 Å². The molecule has 0 amide bonds. The summed E-state index contributed by atoms with van der Waals surface area (Å²) in [5.41, 5.74) is 0. The number of halogens is 2. The van der Waals surface area contributed by atoms with Crippen LogP contribution in [0.4, 0.5) is 4.39 Å². The topological polar surface area (TPSA) is 29.5 Å². The van der Waals surface area contributed by atoms with Crippen molar-refractivity contribution >= 4 is 30.4 Å². The van der Waals surface area contributed by atoms with Crippen molar-refractivity contribution in [3.63, 3.8) is 0 Å². The number of alkyl halides is 2. The highest BCUT2D eigenvalue weighted by Crippen LogP contribution is 2.23. The van der Waals surface area contributed by atoms with Crippen LogP contribution in [-0.4, -0.2) is 41.8 Å². The van der Waals surface area contributed by atoms with E-state index in [9.17, 15) is 4.39 Å². The fourth-order valence-corrected chi connectivity index (χ4v) is 1.61. The van der Waals surface area contributed by atoms with Gasteiger partial charge in [0.15, 0.2) is 0 Å². The number of aliphatic hydroxyl groups is 1. The van der Waals surface area contributed by atoms with Gasteiger partial charge in [0.25, 0.3) is 0 Å². The molecule has 2 radical (unpaired) electrons. The van der Waals surface area contributed by atoms with Crippen molar-refractivity contribution in [3.8, 4) is 0 Å². The Balaban J connectivity index is 2.53. The minimum Gasteiger partial charge on any atom is -0.387 e. The summed E-state index contributed by atoms with van der Waals surface area (Å²) in [6.45, 7) is 0. The lowest BCUT2D eigenvalue weighted by atomic mass is 9.94. The van der Waals surface area contributed by atoms with E-state index in [0.717, 1.165) is 0 Å². The molecule has 1 saturated heterocycles. The summed E-state index contributed by atoms with van der Waals surface area (Å²) in [7, 11) is 5.17. The van der Waals surface area contributed by atoms with Crippen LogP contribution in [0.5, 0.6) is 0 Å². The van der Waals surface area contributed by atoms with Crippen molar-refractivity contribution in [3.05, 3.63) is 0 Å². The third-order valence-electron chi connectivity index (χ3n) is 1.51. The molecule has 10 heavy (non-hydrogen) atoms. The van der Waals surface area contributed by atoms with Gasteiger partial charge in [-0.05, 0) is 0 Å². The highest BCUT2D eigenvalue weighted by atomic mass is 127. The van der Waals surface area contributed by atoms with Gasteiger partial charge >= 0.3 is 0 Å². The van der Waals surface area contributed by atoms with E-state index in [-0.39, 0.29) is 0 Å². The predicted molar refractivity (Wildman–Crippen MR) is 44.2 cm³/mol. The summed E-state index contributed by atoms with van der Waals surface area (Å²) in [4.78, 5) is 0. The van der Waals surface area contributed by atoms with Crippen LogP contribution in [0.1, 0.15) is 0 Å². The molecule has 1 aliphatic heterocycles. The quantitative estimate of drug-likeness (QED) is 0.407. The van der Waals surface area contributed by atoms with Gasteiger partial charge in [-0.25, -0.2) is 4.39 Å². The van der Waals surface area contributed by atoms with E-state index < -0.39 is 24.4 Å². The maximum absolute atomic E-state index is 12.6. The van der Waals surface area contributed by atoms with Gasteiger partial charge in [-0.3, -0.25) is 0 Å². The summed E-state index contributed by atoms with van der Waals surface area (Å²) in [6, 6.07) is -0.949. The van der Waals surface area contributed by atoms with Gasteiger partial charge in [-0.1, -0.05) is 22.6 Å². The molecule has 0 aromatic rings. The van der Waals surface area contributed by atoms with E-state index in [2.05, 4.69) is 0 Å². The van der Waals surface area contributed by atoms with Crippen LogP contribution in [0.15, 0.2) is 0 Å². The Morgan fingerprint density at radius 3 is 2.50 bits per heavy atom. The smallest absolute Gasteiger partial charge is 0.146 e. The number of aliphatic hydroxyl groups excluding tert-OH is 1. The second-order valence-electron chi connectivity index (χ2n) is 2.23. The maximum Gasteiger partial charge on any atom is 0.146 e. The van der Waals surface area contributed by atoms with Gasteiger partial charge in [-0.2, -0.15) is 0 Å². The molecule has 0 spiro atoms. The predicted octanol–water partition coefficient (Wildman–Crippen LogP) is 0.0138. The molecule has 1 aliphatic rings. The Kier molecular flexibility index (Phi) is 2.94. The average molecular weight is 256 g/mol. The molecule has 4 atom stereocenters. The SMILES string of the molecule is [B][C@@H]1O[C@H](CI)C(O)C1F.